The highest BCUT2D eigenvalue weighted by Crippen LogP contribution is 2.45. The van der Waals surface area contributed by atoms with Crippen LogP contribution < -0.4 is 16.5 Å². The molecular weight excluding hydrogens is 566 g/mol. The molecule has 0 unspecified atom stereocenters. The molecule has 1 aliphatic carbocycles. The van der Waals surface area contributed by atoms with E-state index in [0.29, 0.717) is 0 Å². The topological polar surface area (TPSA) is 231 Å². The van der Waals surface area contributed by atoms with Gasteiger partial charge in [-0.1, -0.05) is 18.2 Å². The third-order valence-electron chi connectivity index (χ3n) is 6.20. The van der Waals surface area contributed by atoms with Gasteiger partial charge in [0.15, 0.2) is 16.2 Å². The van der Waals surface area contributed by atoms with Crippen LogP contribution in [0, 0.1) is 0 Å². The van der Waals surface area contributed by atoms with E-state index >= 15 is 0 Å². The molecule has 0 bridgehead atoms. The maximum Gasteiger partial charge on any atom is 0.304 e. The van der Waals surface area contributed by atoms with Crippen LogP contribution in [0.1, 0.15) is 23.2 Å². The predicted molar refractivity (Wildman–Crippen MR) is 141 cm³/mol. The minimum Gasteiger partial charge on any atom is -0.481 e. The summed E-state index contributed by atoms with van der Waals surface area (Å²) >= 11 is 0. The van der Waals surface area contributed by atoms with Crippen LogP contribution in [-0.2, 0) is 25.0 Å². The number of amides is 1. The van der Waals surface area contributed by atoms with Crippen molar-refractivity contribution in [1.82, 2.24) is 4.90 Å². The molecule has 0 aromatic heterocycles. The van der Waals surface area contributed by atoms with Crippen LogP contribution in [0.15, 0.2) is 62.7 Å². The van der Waals surface area contributed by atoms with Crippen molar-refractivity contribution < 1.29 is 50.5 Å². The van der Waals surface area contributed by atoms with Gasteiger partial charge in [-0.15, -0.1) is 0 Å². The van der Waals surface area contributed by atoms with E-state index in [4.69, 9.17) is 20.7 Å². The first-order chi connectivity index (χ1) is 18.6. The van der Waals surface area contributed by atoms with Crippen molar-refractivity contribution in [3.05, 3.63) is 59.5 Å². The van der Waals surface area contributed by atoms with Crippen molar-refractivity contribution in [2.75, 3.05) is 19.3 Å². The van der Waals surface area contributed by atoms with Crippen molar-refractivity contribution in [2.24, 2.45) is 0 Å². The lowest BCUT2D eigenvalue weighted by molar-refractivity contribution is -0.176. The third-order valence-corrected chi connectivity index (χ3v) is 8.08. The number of hydrogen-bond acceptors (Lipinski definition) is 8. The number of anilines is 1. The number of nitrogens with zero attached hydrogens (tertiary/aromatic N) is 1. The number of rotatable bonds is 8. The highest BCUT2D eigenvalue weighted by atomic mass is 32.2. The fourth-order valence-electron chi connectivity index (χ4n) is 4.48. The largest absolute Gasteiger partial charge is 0.481 e. The SMILES string of the molecule is CN(CCCC(=O)O)C(=O)c1ccccc1-c1c2ccc(=[NH2+])c(S(=O)(=O)O)c-2oc2c(S(=O)(=O)O)c(N)ccc12. The summed E-state index contributed by atoms with van der Waals surface area (Å²) in [5.41, 5.74) is 5.36. The molecule has 210 valence electrons. The molecule has 15 heteroatoms. The van der Waals surface area contributed by atoms with Crippen molar-refractivity contribution in [3.63, 3.8) is 0 Å². The Balaban J connectivity index is 2.14. The number of carboxylic acid groups (broad SMARTS) is 1. The first kappa shape index (κ1) is 28.7. The number of carbonyl (C=O) groups excluding carboxylic acids is 1. The molecule has 0 fully saturated rings. The maximum absolute atomic E-state index is 13.5. The van der Waals surface area contributed by atoms with Gasteiger partial charge >= 0.3 is 16.1 Å². The summed E-state index contributed by atoms with van der Waals surface area (Å²) in [6, 6.07) is 11.3. The Hall–Kier alpha value is -4.31. The van der Waals surface area contributed by atoms with Crippen LogP contribution >= 0.6 is 0 Å². The fourth-order valence-corrected chi connectivity index (χ4v) is 5.99. The molecule has 13 nitrogen and oxygen atoms in total. The van der Waals surface area contributed by atoms with E-state index in [9.17, 15) is 35.5 Å². The van der Waals surface area contributed by atoms with Crippen molar-refractivity contribution in [2.45, 2.75) is 22.6 Å². The van der Waals surface area contributed by atoms with Crippen LogP contribution in [0.2, 0.25) is 0 Å². The van der Waals surface area contributed by atoms with Crippen molar-refractivity contribution in [3.8, 4) is 22.5 Å². The summed E-state index contributed by atoms with van der Waals surface area (Å²) in [6.45, 7) is 0.109. The maximum atomic E-state index is 13.5. The molecule has 2 aromatic carbocycles. The van der Waals surface area contributed by atoms with Crippen LogP contribution in [0.3, 0.4) is 0 Å². The summed E-state index contributed by atoms with van der Waals surface area (Å²) in [5.74, 6) is -2.08. The number of carbonyl (C=O) groups is 2. The average Bonchev–Trinajstić information content (AvgIpc) is 2.84. The molecule has 1 amide bonds. The standard InChI is InChI=1S/C25H23N3O10S2/c1-28(12-4-7-19(29)30)25(31)14-6-3-2-5-13(14)20-15-8-10-17(26)23(39(32,33)34)21(15)38-22-16(20)9-11-18(27)24(22)40(35,36)37/h2-3,5-6,8-11,26H,4,7,12,27H2,1H3,(H,29,30)(H,32,33,34)(H,35,36,37)/p+1. The summed E-state index contributed by atoms with van der Waals surface area (Å²) in [6.07, 6.45) is 0.0260. The Morgan fingerprint density at radius 1 is 0.950 bits per heavy atom. The zero-order valence-electron chi connectivity index (χ0n) is 20.9. The Bertz CT molecular complexity index is 1930. The van der Waals surface area contributed by atoms with E-state index in [1.54, 1.807) is 12.1 Å². The number of benzene rings is 3. The summed E-state index contributed by atoms with van der Waals surface area (Å²) in [4.78, 5) is 24.0. The van der Waals surface area contributed by atoms with Gasteiger partial charge in [0.25, 0.3) is 16.0 Å². The van der Waals surface area contributed by atoms with Gasteiger partial charge in [0.05, 0.1) is 5.69 Å². The molecule has 1 aliphatic heterocycles. The van der Waals surface area contributed by atoms with E-state index < -0.39 is 64.3 Å². The van der Waals surface area contributed by atoms with Crippen LogP contribution in [0.5, 0.6) is 0 Å². The third kappa shape index (κ3) is 5.27. The van der Waals surface area contributed by atoms with Gasteiger partial charge in [-0.3, -0.25) is 24.1 Å². The second kappa shape index (κ2) is 10.3. The minimum absolute atomic E-state index is 0.0363. The quantitative estimate of drug-likeness (QED) is 0.110. The lowest BCUT2D eigenvalue weighted by Crippen LogP contribution is -2.47. The first-order valence-corrected chi connectivity index (χ1v) is 14.4. The van der Waals surface area contributed by atoms with Gasteiger partial charge in [-0.05, 0) is 36.2 Å². The van der Waals surface area contributed by atoms with Gasteiger partial charge in [-0.2, -0.15) is 16.8 Å². The second-order valence-electron chi connectivity index (χ2n) is 8.92. The van der Waals surface area contributed by atoms with Gasteiger partial charge in [0.1, 0.15) is 0 Å². The summed E-state index contributed by atoms with van der Waals surface area (Å²) in [7, 11) is -8.58. The highest BCUT2D eigenvalue weighted by molar-refractivity contribution is 7.86. The lowest BCUT2D eigenvalue weighted by Gasteiger charge is -2.22. The number of carboxylic acids is 1. The average molecular weight is 591 g/mol. The molecule has 0 saturated heterocycles. The number of hydrogen-bond donors (Lipinski definition) is 5. The Morgan fingerprint density at radius 3 is 2.23 bits per heavy atom. The predicted octanol–water partition coefficient (Wildman–Crippen LogP) is 0.877. The van der Waals surface area contributed by atoms with Gasteiger partial charge in [0.2, 0.25) is 10.3 Å². The minimum atomic E-state index is -5.03. The molecule has 2 aliphatic rings. The second-order valence-corrected chi connectivity index (χ2v) is 11.6. The molecule has 40 heavy (non-hydrogen) atoms. The zero-order valence-corrected chi connectivity index (χ0v) is 22.5. The van der Waals surface area contributed by atoms with E-state index in [2.05, 4.69) is 0 Å². The molecule has 0 atom stereocenters. The summed E-state index contributed by atoms with van der Waals surface area (Å²) in [5, 5.41) is 14.4. The van der Waals surface area contributed by atoms with Gasteiger partial charge < -0.3 is 20.2 Å². The van der Waals surface area contributed by atoms with Crippen LogP contribution in [-0.4, -0.2) is 61.4 Å². The van der Waals surface area contributed by atoms with Crippen molar-refractivity contribution >= 4 is 48.8 Å². The van der Waals surface area contributed by atoms with E-state index in [1.165, 1.54) is 48.3 Å². The molecule has 0 saturated carbocycles. The number of fused-ring (bicyclic) bond motifs is 2. The van der Waals surface area contributed by atoms with E-state index in [1.807, 2.05) is 0 Å². The molecule has 0 radical (unpaired) electrons. The zero-order chi connectivity index (χ0) is 29.6. The lowest BCUT2D eigenvalue weighted by atomic mass is 9.90. The van der Waals surface area contributed by atoms with Crippen molar-refractivity contribution in [1.29, 1.82) is 0 Å². The van der Waals surface area contributed by atoms with Crippen LogP contribution in [0.4, 0.5) is 5.69 Å². The molecule has 1 heterocycles. The van der Waals surface area contributed by atoms with E-state index in [-0.39, 0.29) is 47.0 Å². The highest BCUT2D eigenvalue weighted by Gasteiger charge is 2.33. The Morgan fingerprint density at radius 2 is 1.60 bits per heavy atom. The number of nitrogen functional groups attached to an aromatic ring is 1. The van der Waals surface area contributed by atoms with E-state index in [0.717, 1.165) is 0 Å². The molecule has 0 spiro atoms. The summed E-state index contributed by atoms with van der Waals surface area (Å²) < 4.78 is 75.0. The van der Waals surface area contributed by atoms with Crippen LogP contribution in [0.25, 0.3) is 33.4 Å². The number of aliphatic carboxylic acids is 1. The molecular formula is C25H24N3O10S2+. The fraction of sp³-hybridized carbons (Fsp3) is 0.160. The molecule has 2 aromatic rings. The first-order valence-electron chi connectivity index (χ1n) is 11.5. The molecule has 4 rings (SSSR count). The molecule has 7 N–H and O–H groups in total. The Labute approximate surface area is 227 Å². The normalized spacial score (nSPS) is 12.1. The monoisotopic (exact) mass is 590 g/mol. The Kier molecular flexibility index (Phi) is 7.42. The number of nitrogens with two attached hydrogens (primary N) is 2. The van der Waals surface area contributed by atoms with Gasteiger partial charge in [-0.25, -0.2) is 0 Å². The van der Waals surface area contributed by atoms with Gasteiger partial charge in [0, 0.05) is 48.2 Å². The smallest absolute Gasteiger partial charge is 0.304 e.